The van der Waals surface area contributed by atoms with Gasteiger partial charge in [0.2, 0.25) is 0 Å². The van der Waals surface area contributed by atoms with Crippen LogP contribution in [0.3, 0.4) is 0 Å². The number of carboxylic acid groups (broad SMARTS) is 1. The molecule has 0 fully saturated rings. The third kappa shape index (κ3) is 5.35. The predicted molar refractivity (Wildman–Crippen MR) is 78.7 cm³/mol. The highest BCUT2D eigenvalue weighted by Gasteiger charge is 2.16. The van der Waals surface area contributed by atoms with Crippen molar-refractivity contribution in [3.63, 3.8) is 0 Å². The number of carboxylic acids is 1. The van der Waals surface area contributed by atoms with E-state index in [0.717, 1.165) is 19.3 Å². The lowest BCUT2D eigenvalue weighted by molar-refractivity contribution is 0.0691. The minimum absolute atomic E-state index is 0.0895. The van der Waals surface area contributed by atoms with Crippen molar-refractivity contribution in [2.45, 2.75) is 33.1 Å². The lowest BCUT2D eigenvalue weighted by atomic mass is 9.89. The van der Waals surface area contributed by atoms with E-state index in [9.17, 15) is 4.79 Å². The van der Waals surface area contributed by atoms with Crippen molar-refractivity contribution in [3.05, 3.63) is 23.8 Å². The van der Waals surface area contributed by atoms with Crippen LogP contribution in [-0.4, -0.2) is 24.8 Å². The van der Waals surface area contributed by atoms with Gasteiger partial charge < -0.3 is 14.6 Å². The van der Waals surface area contributed by atoms with Gasteiger partial charge in [-0.1, -0.05) is 0 Å². The van der Waals surface area contributed by atoms with Crippen LogP contribution in [0, 0.1) is 16.7 Å². The molecule has 5 nitrogen and oxygen atoms in total. The number of carbonyl (C=O) groups is 1. The van der Waals surface area contributed by atoms with Gasteiger partial charge in [0.05, 0.1) is 25.2 Å². The molecule has 0 amide bonds. The topological polar surface area (TPSA) is 79.5 Å². The monoisotopic (exact) mass is 291 g/mol. The maximum atomic E-state index is 11.2. The summed E-state index contributed by atoms with van der Waals surface area (Å²) in [7, 11) is 1.48. The normalized spacial score (nSPS) is 10.8. The number of hydrogen-bond donors (Lipinski definition) is 1. The van der Waals surface area contributed by atoms with Gasteiger partial charge in [-0.25, -0.2) is 4.79 Å². The Morgan fingerprint density at radius 2 is 2.10 bits per heavy atom. The first-order chi connectivity index (χ1) is 9.89. The lowest BCUT2D eigenvalue weighted by Gasteiger charge is -2.15. The molecule has 0 aliphatic heterocycles. The summed E-state index contributed by atoms with van der Waals surface area (Å²) in [4.78, 5) is 11.2. The Balaban J connectivity index is 2.53. The molecule has 0 aromatic heterocycles. The summed E-state index contributed by atoms with van der Waals surface area (Å²) in [6.07, 6.45) is 2.43. The van der Waals surface area contributed by atoms with Crippen molar-refractivity contribution in [1.29, 1.82) is 5.26 Å². The zero-order chi connectivity index (χ0) is 15.9. The quantitative estimate of drug-likeness (QED) is 0.741. The Hall–Kier alpha value is -2.22. The van der Waals surface area contributed by atoms with Crippen molar-refractivity contribution in [1.82, 2.24) is 0 Å². The molecule has 0 aliphatic rings. The van der Waals surface area contributed by atoms with Crippen molar-refractivity contribution < 1.29 is 19.4 Å². The van der Waals surface area contributed by atoms with Crippen LogP contribution in [0.1, 0.15) is 43.5 Å². The van der Waals surface area contributed by atoms with E-state index in [0.29, 0.717) is 18.1 Å². The van der Waals surface area contributed by atoms with Crippen LogP contribution >= 0.6 is 0 Å². The number of ether oxygens (including phenoxy) is 2. The standard InChI is InChI=1S/C16H21NO4/c1-16(2,11-17)8-4-5-9-21-14-7-6-12(20-3)10-13(14)15(18)19/h6-7,10H,4-5,8-9H2,1-3H3,(H,18,19). The van der Waals surface area contributed by atoms with Gasteiger partial charge in [-0.3, -0.25) is 0 Å². The zero-order valence-electron chi connectivity index (χ0n) is 12.7. The summed E-state index contributed by atoms with van der Waals surface area (Å²) in [6, 6.07) is 6.96. The molecule has 0 aliphatic carbocycles. The third-order valence-electron chi connectivity index (χ3n) is 3.17. The van der Waals surface area contributed by atoms with Crippen LogP contribution < -0.4 is 9.47 Å². The Morgan fingerprint density at radius 1 is 1.38 bits per heavy atom. The molecular weight excluding hydrogens is 270 g/mol. The van der Waals surface area contributed by atoms with Crippen LogP contribution in [0.15, 0.2) is 18.2 Å². The number of nitrogens with zero attached hydrogens (tertiary/aromatic N) is 1. The van der Waals surface area contributed by atoms with Gasteiger partial charge in [0.15, 0.2) is 0 Å². The molecule has 21 heavy (non-hydrogen) atoms. The number of aromatic carboxylic acids is 1. The summed E-state index contributed by atoms with van der Waals surface area (Å²) in [6.45, 7) is 4.23. The van der Waals surface area contributed by atoms with Crippen LogP contribution in [0.4, 0.5) is 0 Å². The van der Waals surface area contributed by atoms with Gasteiger partial charge in [0.1, 0.15) is 17.1 Å². The molecule has 0 bridgehead atoms. The zero-order valence-corrected chi connectivity index (χ0v) is 12.7. The van der Waals surface area contributed by atoms with Crippen LogP contribution in [0.5, 0.6) is 11.5 Å². The summed E-state index contributed by atoms with van der Waals surface area (Å²) in [5, 5.41) is 18.1. The van der Waals surface area contributed by atoms with Crippen LogP contribution in [0.25, 0.3) is 0 Å². The molecule has 1 rings (SSSR count). The van der Waals surface area contributed by atoms with Crippen molar-refractivity contribution in [2.24, 2.45) is 5.41 Å². The molecule has 1 aromatic carbocycles. The minimum Gasteiger partial charge on any atom is -0.497 e. The maximum Gasteiger partial charge on any atom is 0.339 e. The smallest absolute Gasteiger partial charge is 0.339 e. The second kappa shape index (κ2) is 7.53. The van der Waals surface area contributed by atoms with Gasteiger partial charge in [-0.15, -0.1) is 0 Å². The highest BCUT2D eigenvalue weighted by Crippen LogP contribution is 2.25. The van der Waals surface area contributed by atoms with Gasteiger partial charge >= 0.3 is 5.97 Å². The third-order valence-corrected chi connectivity index (χ3v) is 3.17. The van der Waals surface area contributed by atoms with E-state index in [4.69, 9.17) is 19.8 Å². The first-order valence-electron chi connectivity index (χ1n) is 6.85. The largest absolute Gasteiger partial charge is 0.497 e. The van der Waals surface area contributed by atoms with Gasteiger partial charge in [-0.2, -0.15) is 5.26 Å². The average Bonchev–Trinajstić information content (AvgIpc) is 2.46. The molecule has 114 valence electrons. The highest BCUT2D eigenvalue weighted by atomic mass is 16.5. The molecule has 0 saturated heterocycles. The summed E-state index contributed by atoms with van der Waals surface area (Å²) < 4.78 is 10.5. The van der Waals surface area contributed by atoms with E-state index >= 15 is 0 Å². The number of unbranched alkanes of at least 4 members (excludes halogenated alkanes) is 1. The molecule has 0 saturated carbocycles. The molecule has 5 heteroatoms. The van der Waals surface area contributed by atoms with Crippen molar-refractivity contribution in [2.75, 3.05) is 13.7 Å². The molecule has 0 unspecified atom stereocenters. The van der Waals surface area contributed by atoms with E-state index in [1.807, 2.05) is 13.8 Å². The second-order valence-electron chi connectivity index (χ2n) is 5.47. The van der Waals surface area contributed by atoms with Gasteiger partial charge in [0.25, 0.3) is 0 Å². The van der Waals surface area contributed by atoms with Gasteiger partial charge in [-0.05, 0) is 51.3 Å². The first kappa shape index (κ1) is 16.8. The Labute approximate surface area is 125 Å². The number of rotatable bonds is 8. The van der Waals surface area contributed by atoms with Crippen LogP contribution in [0.2, 0.25) is 0 Å². The summed E-state index contributed by atoms with van der Waals surface area (Å²) in [5.74, 6) is -0.229. The van der Waals surface area contributed by atoms with Gasteiger partial charge in [0, 0.05) is 0 Å². The average molecular weight is 291 g/mol. The van der Waals surface area contributed by atoms with Crippen molar-refractivity contribution in [3.8, 4) is 17.6 Å². The van der Waals surface area contributed by atoms with E-state index in [1.54, 1.807) is 12.1 Å². The number of hydrogen-bond acceptors (Lipinski definition) is 4. The Kier molecular flexibility index (Phi) is 6.04. The molecular formula is C16H21NO4. The highest BCUT2D eigenvalue weighted by molar-refractivity contribution is 5.91. The Bertz CT molecular complexity index is 532. The lowest BCUT2D eigenvalue weighted by Crippen LogP contribution is -2.09. The maximum absolute atomic E-state index is 11.2. The molecule has 1 aromatic rings. The first-order valence-corrected chi connectivity index (χ1v) is 6.85. The number of benzene rings is 1. The van der Waals surface area contributed by atoms with E-state index in [1.165, 1.54) is 13.2 Å². The van der Waals surface area contributed by atoms with Crippen LogP contribution in [-0.2, 0) is 0 Å². The minimum atomic E-state index is -1.05. The predicted octanol–water partition coefficient (Wildman–Crippen LogP) is 3.49. The summed E-state index contributed by atoms with van der Waals surface area (Å²) >= 11 is 0. The summed E-state index contributed by atoms with van der Waals surface area (Å²) in [5.41, 5.74) is -0.238. The van der Waals surface area contributed by atoms with E-state index < -0.39 is 5.97 Å². The van der Waals surface area contributed by atoms with Crippen molar-refractivity contribution >= 4 is 5.97 Å². The fraction of sp³-hybridized carbons (Fsp3) is 0.500. The number of nitriles is 1. The molecule has 1 N–H and O–H groups in total. The second-order valence-corrected chi connectivity index (χ2v) is 5.47. The Morgan fingerprint density at radius 3 is 2.67 bits per heavy atom. The fourth-order valence-electron chi connectivity index (χ4n) is 1.84. The van der Waals surface area contributed by atoms with E-state index in [2.05, 4.69) is 6.07 Å². The molecule has 0 radical (unpaired) electrons. The number of methoxy groups -OCH3 is 1. The SMILES string of the molecule is COc1ccc(OCCCCC(C)(C)C#N)c(C(=O)O)c1. The molecule has 0 spiro atoms. The molecule has 0 atom stereocenters. The molecule has 0 heterocycles. The fourth-order valence-corrected chi connectivity index (χ4v) is 1.84. The van der Waals surface area contributed by atoms with E-state index in [-0.39, 0.29) is 11.0 Å².